The highest BCUT2D eigenvalue weighted by molar-refractivity contribution is 6.06. The van der Waals surface area contributed by atoms with Crippen LogP contribution in [0.4, 0.5) is 4.39 Å². The largest absolute Gasteiger partial charge is 0.453 e. The maximum Gasteiger partial charge on any atom is 0.379 e. The van der Waals surface area contributed by atoms with Gasteiger partial charge in [0.25, 0.3) is 5.91 Å². The van der Waals surface area contributed by atoms with Gasteiger partial charge in [0.15, 0.2) is 0 Å². The van der Waals surface area contributed by atoms with Gasteiger partial charge in [-0.2, -0.15) is 5.10 Å². The lowest BCUT2D eigenvalue weighted by atomic mass is 9.93. The van der Waals surface area contributed by atoms with Crippen LogP contribution in [0.25, 0.3) is 0 Å². The molecule has 3 aromatic rings. The normalized spacial score (nSPS) is 14.3. The average Bonchev–Trinajstić information content (AvgIpc) is 3.10. The lowest BCUT2D eigenvalue weighted by Gasteiger charge is -2.13. The minimum absolute atomic E-state index is 0.128. The number of aryl methyl sites for hydroxylation is 1. The van der Waals surface area contributed by atoms with Crippen LogP contribution in [0.2, 0.25) is 0 Å². The Labute approximate surface area is 172 Å². The Balaban J connectivity index is 1.56. The minimum Gasteiger partial charge on any atom is -0.453 e. The number of amides is 1. The number of nitrogens with one attached hydrogen (secondary N) is 1. The third kappa shape index (κ3) is 4.00. The second kappa shape index (κ2) is 8.32. The molecule has 6 nitrogen and oxygen atoms in total. The number of rotatable bonds is 4. The number of furan rings is 1. The van der Waals surface area contributed by atoms with Crippen LogP contribution >= 0.6 is 0 Å². The highest BCUT2D eigenvalue weighted by Crippen LogP contribution is 2.30. The van der Waals surface area contributed by atoms with Crippen LogP contribution in [0, 0.1) is 12.7 Å². The third-order valence-corrected chi connectivity index (χ3v) is 4.86. The highest BCUT2D eigenvalue weighted by atomic mass is 19.1. The Hall–Kier alpha value is -3.74. The Morgan fingerprint density at radius 2 is 1.80 bits per heavy atom. The molecule has 0 aliphatic heterocycles. The molecule has 152 valence electrons. The van der Waals surface area contributed by atoms with Crippen molar-refractivity contribution in [3.63, 3.8) is 0 Å². The first-order valence-electron chi connectivity index (χ1n) is 9.55. The quantitative estimate of drug-likeness (QED) is 0.395. The van der Waals surface area contributed by atoms with E-state index in [1.54, 1.807) is 31.2 Å². The molecule has 0 bridgehead atoms. The number of ether oxygens (including phenoxy) is 1. The van der Waals surface area contributed by atoms with Gasteiger partial charge in [0.05, 0.1) is 5.71 Å². The Kier molecular flexibility index (Phi) is 5.43. The maximum absolute atomic E-state index is 13.0. The van der Waals surface area contributed by atoms with Crippen LogP contribution in [0.3, 0.4) is 0 Å². The van der Waals surface area contributed by atoms with E-state index < -0.39 is 17.7 Å². The Morgan fingerprint density at radius 1 is 1.07 bits per heavy atom. The van der Waals surface area contributed by atoms with Crippen molar-refractivity contribution >= 4 is 17.6 Å². The SMILES string of the molecule is Cc1c(C(=O)Oc2ccccc2)oc2c1/C(=N/NC(=O)c1ccc(F)cc1)CCC2. The summed E-state index contributed by atoms with van der Waals surface area (Å²) in [5.74, 6) is -0.241. The topological polar surface area (TPSA) is 80.9 Å². The number of para-hydroxylation sites is 1. The van der Waals surface area contributed by atoms with Crippen molar-refractivity contribution < 1.29 is 23.1 Å². The van der Waals surface area contributed by atoms with E-state index in [9.17, 15) is 14.0 Å². The van der Waals surface area contributed by atoms with Crippen molar-refractivity contribution in [1.29, 1.82) is 0 Å². The van der Waals surface area contributed by atoms with E-state index in [1.807, 2.05) is 6.07 Å². The highest BCUT2D eigenvalue weighted by Gasteiger charge is 2.29. The molecular weight excluding hydrogens is 387 g/mol. The molecular formula is C23H19FN2O4. The van der Waals surface area contributed by atoms with Crippen molar-refractivity contribution in [3.8, 4) is 5.75 Å². The second-order valence-electron chi connectivity index (χ2n) is 6.92. The Bertz CT molecular complexity index is 1120. The fourth-order valence-corrected chi connectivity index (χ4v) is 3.40. The first-order valence-corrected chi connectivity index (χ1v) is 9.55. The van der Waals surface area contributed by atoms with E-state index in [1.165, 1.54) is 24.3 Å². The predicted molar refractivity (Wildman–Crippen MR) is 108 cm³/mol. The summed E-state index contributed by atoms with van der Waals surface area (Å²) in [5.41, 5.74) is 4.78. The number of carbonyl (C=O) groups is 2. The van der Waals surface area contributed by atoms with Gasteiger partial charge in [0.1, 0.15) is 17.3 Å². The van der Waals surface area contributed by atoms with Gasteiger partial charge in [-0.25, -0.2) is 14.6 Å². The number of fused-ring (bicyclic) bond motifs is 1. The molecule has 0 saturated carbocycles. The number of hydrogen-bond acceptors (Lipinski definition) is 5. The molecule has 0 spiro atoms. The lowest BCUT2D eigenvalue weighted by Crippen LogP contribution is -2.22. The number of nitrogens with zero attached hydrogens (tertiary/aromatic N) is 1. The standard InChI is InChI=1S/C23H19FN2O4/c1-14-20-18(25-26-22(27)15-10-12-16(24)13-11-15)8-5-9-19(20)30-21(14)23(28)29-17-6-3-2-4-7-17/h2-4,6-7,10-13H,5,8-9H2,1H3,(H,26,27)/b25-18+. The average molecular weight is 406 g/mol. The van der Waals surface area contributed by atoms with Gasteiger partial charge in [0.2, 0.25) is 5.76 Å². The lowest BCUT2D eigenvalue weighted by molar-refractivity contribution is 0.0698. The molecule has 1 aliphatic carbocycles. The summed E-state index contributed by atoms with van der Waals surface area (Å²) in [6.45, 7) is 1.77. The summed E-state index contributed by atoms with van der Waals surface area (Å²) < 4.78 is 24.2. The van der Waals surface area contributed by atoms with E-state index in [0.29, 0.717) is 41.2 Å². The molecule has 1 heterocycles. The molecule has 1 aromatic heterocycles. The maximum atomic E-state index is 13.0. The van der Waals surface area contributed by atoms with Crippen LogP contribution in [0.5, 0.6) is 5.75 Å². The summed E-state index contributed by atoms with van der Waals surface area (Å²) in [4.78, 5) is 24.9. The molecule has 4 rings (SSSR count). The zero-order chi connectivity index (χ0) is 21.1. The molecule has 7 heteroatoms. The summed E-state index contributed by atoms with van der Waals surface area (Å²) in [7, 11) is 0. The van der Waals surface area contributed by atoms with Gasteiger partial charge < -0.3 is 9.15 Å². The smallest absolute Gasteiger partial charge is 0.379 e. The molecule has 0 unspecified atom stereocenters. The number of carbonyl (C=O) groups excluding carboxylic acids is 2. The summed E-state index contributed by atoms with van der Waals surface area (Å²) >= 11 is 0. The van der Waals surface area contributed by atoms with E-state index in [0.717, 1.165) is 12.0 Å². The third-order valence-electron chi connectivity index (χ3n) is 4.86. The van der Waals surface area contributed by atoms with Crippen molar-refractivity contribution in [2.24, 2.45) is 5.10 Å². The number of esters is 1. The van der Waals surface area contributed by atoms with Crippen LogP contribution in [0.1, 0.15) is 50.6 Å². The molecule has 0 saturated heterocycles. The van der Waals surface area contributed by atoms with Gasteiger partial charge >= 0.3 is 5.97 Å². The van der Waals surface area contributed by atoms with Crippen molar-refractivity contribution in [1.82, 2.24) is 5.43 Å². The molecule has 1 N–H and O–H groups in total. The first-order chi connectivity index (χ1) is 14.5. The molecule has 1 aliphatic rings. The predicted octanol–water partition coefficient (Wildman–Crippen LogP) is 4.42. The van der Waals surface area contributed by atoms with Crippen molar-refractivity contribution in [2.45, 2.75) is 26.2 Å². The monoisotopic (exact) mass is 406 g/mol. The second-order valence-corrected chi connectivity index (χ2v) is 6.92. The zero-order valence-electron chi connectivity index (χ0n) is 16.3. The molecule has 30 heavy (non-hydrogen) atoms. The first kappa shape index (κ1) is 19.6. The molecule has 0 radical (unpaired) electrons. The van der Waals surface area contributed by atoms with Gasteiger partial charge in [-0.15, -0.1) is 0 Å². The van der Waals surface area contributed by atoms with E-state index in [-0.39, 0.29) is 5.76 Å². The fraction of sp³-hybridized carbons (Fsp3) is 0.174. The molecule has 0 atom stereocenters. The van der Waals surface area contributed by atoms with Crippen molar-refractivity contribution in [2.75, 3.05) is 0 Å². The Morgan fingerprint density at radius 3 is 2.53 bits per heavy atom. The van der Waals surface area contributed by atoms with E-state index >= 15 is 0 Å². The number of halogens is 1. The van der Waals surface area contributed by atoms with Crippen molar-refractivity contribution in [3.05, 3.63) is 88.6 Å². The van der Waals surface area contributed by atoms with Gasteiger partial charge in [-0.1, -0.05) is 18.2 Å². The van der Waals surface area contributed by atoms with Gasteiger partial charge in [-0.3, -0.25) is 4.79 Å². The minimum atomic E-state index is -0.581. The molecule has 2 aromatic carbocycles. The van der Waals surface area contributed by atoms with Crippen LogP contribution in [-0.4, -0.2) is 17.6 Å². The summed E-state index contributed by atoms with van der Waals surface area (Å²) in [5, 5.41) is 4.25. The number of hydrazone groups is 1. The van der Waals surface area contributed by atoms with Gasteiger partial charge in [0, 0.05) is 23.1 Å². The van der Waals surface area contributed by atoms with Gasteiger partial charge in [-0.05, 0) is 56.2 Å². The molecule has 1 amide bonds. The zero-order valence-corrected chi connectivity index (χ0v) is 16.3. The van der Waals surface area contributed by atoms with E-state index in [4.69, 9.17) is 9.15 Å². The van der Waals surface area contributed by atoms with Crippen LogP contribution < -0.4 is 10.2 Å². The van der Waals surface area contributed by atoms with E-state index in [2.05, 4.69) is 10.5 Å². The summed E-state index contributed by atoms with van der Waals surface area (Å²) in [6, 6.07) is 14.0. The van der Waals surface area contributed by atoms with Crippen LogP contribution in [0.15, 0.2) is 64.1 Å². The van der Waals surface area contributed by atoms with Crippen LogP contribution in [-0.2, 0) is 6.42 Å². The summed E-state index contributed by atoms with van der Waals surface area (Å²) in [6.07, 6.45) is 2.07. The fourth-order valence-electron chi connectivity index (χ4n) is 3.40. The number of hydrogen-bond donors (Lipinski definition) is 1. The number of benzene rings is 2. The molecule has 0 fully saturated rings.